The molecule has 3 aromatic rings. The highest BCUT2D eigenvalue weighted by atomic mass is 79.9. The van der Waals surface area contributed by atoms with Crippen molar-refractivity contribution in [1.82, 2.24) is 10.2 Å². The van der Waals surface area contributed by atoms with Gasteiger partial charge in [-0.2, -0.15) is 0 Å². The van der Waals surface area contributed by atoms with Gasteiger partial charge in [-0.25, -0.2) is 0 Å². The van der Waals surface area contributed by atoms with Crippen molar-refractivity contribution in [3.8, 4) is 22.9 Å². The molecule has 0 spiro atoms. The quantitative estimate of drug-likeness (QED) is 0.674. The van der Waals surface area contributed by atoms with Crippen molar-refractivity contribution in [3.05, 3.63) is 58.0 Å². The summed E-state index contributed by atoms with van der Waals surface area (Å²) in [5.41, 5.74) is 1.61. The average molecular weight is 336 g/mol. The fraction of sp³-hybridized carbons (Fsp3) is 0. The summed E-state index contributed by atoms with van der Waals surface area (Å²) in [6.45, 7) is 0. The lowest BCUT2D eigenvalue weighted by molar-refractivity contribution is 0.584. The molecule has 5 heteroatoms. The average Bonchev–Trinajstić information content (AvgIpc) is 2.89. The highest BCUT2D eigenvalue weighted by Gasteiger charge is 2.12. The fourth-order valence-corrected chi connectivity index (χ4v) is 2.16. The van der Waals surface area contributed by atoms with Crippen LogP contribution in [0.25, 0.3) is 22.9 Å². The molecule has 2 aromatic carbocycles. The molecule has 0 aliphatic carbocycles. The number of hydrogen-bond donors (Lipinski definition) is 0. The SMILES string of the molecule is Clc1ccccc1-c1nnc(-c2ccc(Br)cc2)o1. The summed E-state index contributed by atoms with van der Waals surface area (Å²) < 4.78 is 6.66. The van der Waals surface area contributed by atoms with Gasteiger partial charge in [-0.05, 0) is 36.4 Å². The van der Waals surface area contributed by atoms with Crippen molar-refractivity contribution in [2.75, 3.05) is 0 Å². The smallest absolute Gasteiger partial charge is 0.249 e. The third kappa shape index (κ3) is 2.55. The van der Waals surface area contributed by atoms with Crippen LogP contribution in [0.15, 0.2) is 57.4 Å². The van der Waals surface area contributed by atoms with E-state index >= 15 is 0 Å². The molecule has 3 nitrogen and oxygen atoms in total. The predicted octanol–water partition coefficient (Wildman–Crippen LogP) is 4.82. The van der Waals surface area contributed by atoms with Crippen LogP contribution in [0, 0.1) is 0 Å². The zero-order valence-electron chi connectivity index (χ0n) is 9.68. The van der Waals surface area contributed by atoms with Crippen LogP contribution in [0.1, 0.15) is 0 Å². The van der Waals surface area contributed by atoms with Crippen LogP contribution >= 0.6 is 27.5 Å². The Morgan fingerprint density at radius 1 is 0.895 bits per heavy atom. The van der Waals surface area contributed by atoms with Crippen LogP contribution in [-0.2, 0) is 0 Å². The molecule has 0 amide bonds. The Hall–Kier alpha value is -1.65. The van der Waals surface area contributed by atoms with Gasteiger partial charge in [0.1, 0.15) is 0 Å². The predicted molar refractivity (Wildman–Crippen MR) is 77.9 cm³/mol. The van der Waals surface area contributed by atoms with Crippen molar-refractivity contribution in [3.63, 3.8) is 0 Å². The second-order valence-electron chi connectivity index (χ2n) is 3.90. The third-order valence-corrected chi connectivity index (χ3v) is 3.48. The number of aromatic nitrogens is 2. The molecule has 0 aliphatic rings. The topological polar surface area (TPSA) is 38.9 Å². The molecule has 1 aromatic heterocycles. The first-order chi connectivity index (χ1) is 9.24. The molecule has 0 atom stereocenters. The van der Waals surface area contributed by atoms with Crippen molar-refractivity contribution in [2.24, 2.45) is 0 Å². The minimum absolute atomic E-state index is 0.420. The van der Waals surface area contributed by atoms with Gasteiger partial charge in [0.25, 0.3) is 0 Å². The molecule has 1 heterocycles. The first-order valence-electron chi connectivity index (χ1n) is 5.58. The molecular weight excluding hydrogens is 328 g/mol. The molecule has 19 heavy (non-hydrogen) atoms. The Kier molecular flexibility index (Phi) is 3.36. The van der Waals surface area contributed by atoms with Gasteiger partial charge in [-0.15, -0.1) is 10.2 Å². The molecule has 94 valence electrons. The normalized spacial score (nSPS) is 10.6. The largest absolute Gasteiger partial charge is 0.416 e. The van der Waals surface area contributed by atoms with E-state index in [0.29, 0.717) is 16.8 Å². The van der Waals surface area contributed by atoms with Crippen molar-refractivity contribution < 1.29 is 4.42 Å². The van der Waals surface area contributed by atoms with Gasteiger partial charge in [-0.3, -0.25) is 0 Å². The van der Waals surface area contributed by atoms with E-state index in [0.717, 1.165) is 15.6 Å². The summed E-state index contributed by atoms with van der Waals surface area (Å²) >= 11 is 9.49. The second kappa shape index (κ2) is 5.15. The third-order valence-electron chi connectivity index (χ3n) is 2.62. The molecule has 0 fully saturated rings. The van der Waals surface area contributed by atoms with Gasteiger partial charge in [0.15, 0.2) is 0 Å². The van der Waals surface area contributed by atoms with Crippen LogP contribution < -0.4 is 0 Å². The molecule has 0 aliphatic heterocycles. The van der Waals surface area contributed by atoms with E-state index < -0.39 is 0 Å². The van der Waals surface area contributed by atoms with E-state index in [1.807, 2.05) is 42.5 Å². The molecule has 0 unspecified atom stereocenters. The van der Waals surface area contributed by atoms with E-state index in [1.165, 1.54) is 0 Å². The maximum Gasteiger partial charge on any atom is 0.249 e. The Bertz CT molecular complexity index is 709. The number of benzene rings is 2. The van der Waals surface area contributed by atoms with Crippen LogP contribution in [0.2, 0.25) is 5.02 Å². The minimum Gasteiger partial charge on any atom is -0.416 e. The second-order valence-corrected chi connectivity index (χ2v) is 5.22. The van der Waals surface area contributed by atoms with Crippen LogP contribution in [0.4, 0.5) is 0 Å². The lowest BCUT2D eigenvalue weighted by Crippen LogP contribution is -1.78. The Morgan fingerprint density at radius 2 is 1.58 bits per heavy atom. The highest BCUT2D eigenvalue weighted by Crippen LogP contribution is 2.29. The summed E-state index contributed by atoms with van der Waals surface area (Å²) in [6, 6.07) is 15.1. The maximum absolute atomic E-state index is 6.10. The summed E-state index contributed by atoms with van der Waals surface area (Å²) in [6.07, 6.45) is 0. The fourth-order valence-electron chi connectivity index (χ4n) is 1.68. The zero-order chi connectivity index (χ0) is 13.2. The van der Waals surface area contributed by atoms with Crippen LogP contribution in [-0.4, -0.2) is 10.2 Å². The van der Waals surface area contributed by atoms with Gasteiger partial charge >= 0.3 is 0 Å². The Morgan fingerprint density at radius 3 is 2.32 bits per heavy atom. The van der Waals surface area contributed by atoms with Gasteiger partial charge < -0.3 is 4.42 Å². The van der Waals surface area contributed by atoms with Gasteiger partial charge in [0.2, 0.25) is 11.8 Å². The summed E-state index contributed by atoms with van der Waals surface area (Å²) in [7, 11) is 0. The van der Waals surface area contributed by atoms with E-state index in [9.17, 15) is 0 Å². The van der Waals surface area contributed by atoms with Crippen molar-refractivity contribution in [2.45, 2.75) is 0 Å². The zero-order valence-corrected chi connectivity index (χ0v) is 12.0. The van der Waals surface area contributed by atoms with Crippen LogP contribution in [0.5, 0.6) is 0 Å². The van der Waals surface area contributed by atoms with E-state index in [4.69, 9.17) is 16.0 Å². The van der Waals surface area contributed by atoms with E-state index in [1.54, 1.807) is 6.07 Å². The van der Waals surface area contributed by atoms with Gasteiger partial charge in [0.05, 0.1) is 10.6 Å². The summed E-state index contributed by atoms with van der Waals surface area (Å²) in [4.78, 5) is 0. The first-order valence-corrected chi connectivity index (χ1v) is 6.75. The maximum atomic E-state index is 6.10. The van der Waals surface area contributed by atoms with Gasteiger partial charge in [-0.1, -0.05) is 39.7 Å². The highest BCUT2D eigenvalue weighted by molar-refractivity contribution is 9.10. The lowest BCUT2D eigenvalue weighted by atomic mass is 10.2. The molecule has 0 saturated heterocycles. The molecule has 0 N–H and O–H groups in total. The lowest BCUT2D eigenvalue weighted by Gasteiger charge is -1.97. The van der Waals surface area contributed by atoms with Crippen molar-refractivity contribution in [1.29, 1.82) is 0 Å². The standard InChI is InChI=1S/C14H8BrClN2O/c15-10-7-5-9(6-8-10)13-17-18-14(19-13)11-3-1-2-4-12(11)16/h1-8H. The monoisotopic (exact) mass is 334 g/mol. The summed E-state index contributed by atoms with van der Waals surface area (Å²) in [5, 5.41) is 8.67. The number of halogens is 2. The number of rotatable bonds is 2. The first kappa shape index (κ1) is 12.4. The summed E-state index contributed by atoms with van der Waals surface area (Å²) in [5.74, 6) is 0.894. The Balaban J connectivity index is 2.00. The molecule has 0 saturated carbocycles. The molecule has 0 radical (unpaired) electrons. The molecule has 0 bridgehead atoms. The number of hydrogen-bond acceptors (Lipinski definition) is 3. The molecule has 3 rings (SSSR count). The van der Waals surface area contributed by atoms with E-state index in [2.05, 4.69) is 26.1 Å². The number of nitrogens with zero attached hydrogens (tertiary/aromatic N) is 2. The molecular formula is C14H8BrClN2O. The van der Waals surface area contributed by atoms with Crippen molar-refractivity contribution >= 4 is 27.5 Å². The van der Waals surface area contributed by atoms with Gasteiger partial charge in [0, 0.05) is 10.0 Å². The van der Waals surface area contributed by atoms with E-state index in [-0.39, 0.29) is 0 Å². The minimum atomic E-state index is 0.420. The van der Waals surface area contributed by atoms with Crippen LogP contribution in [0.3, 0.4) is 0 Å². The Labute approximate surface area is 123 Å².